The molecule has 2 aromatic carbocycles. The van der Waals surface area contributed by atoms with Gasteiger partial charge in [-0.05, 0) is 68.5 Å². The Kier molecular flexibility index (Phi) is 10.5. The molecule has 0 unspecified atom stereocenters. The lowest BCUT2D eigenvalue weighted by molar-refractivity contribution is -0.165. The Hall–Kier alpha value is -2.98. The molecule has 34 heavy (non-hydrogen) atoms. The number of piperidine rings is 1. The van der Waals surface area contributed by atoms with E-state index in [0.29, 0.717) is 0 Å². The van der Waals surface area contributed by atoms with E-state index in [1.807, 2.05) is 0 Å². The molecule has 1 heterocycles. The predicted molar refractivity (Wildman–Crippen MR) is 124 cm³/mol. The molecular weight excluding hydrogens is 442 g/mol. The van der Waals surface area contributed by atoms with E-state index in [4.69, 9.17) is 20.4 Å². The summed E-state index contributed by atoms with van der Waals surface area (Å²) in [6, 6.07) is 17.7. The Morgan fingerprint density at radius 2 is 1.38 bits per heavy atom. The number of hydrogen-bond donors (Lipinski definition) is 6. The van der Waals surface area contributed by atoms with Gasteiger partial charge in [-0.1, -0.05) is 42.5 Å². The highest BCUT2D eigenvalue weighted by molar-refractivity contribution is 5.83. The first-order valence-electron chi connectivity index (χ1n) is 11.2. The number of aromatic hydroxyl groups is 1. The van der Waals surface area contributed by atoms with Gasteiger partial charge in [-0.25, -0.2) is 9.59 Å². The van der Waals surface area contributed by atoms with Crippen molar-refractivity contribution in [1.82, 2.24) is 4.90 Å². The molecule has 186 valence electrons. The topological polar surface area (TPSA) is 159 Å². The van der Waals surface area contributed by atoms with E-state index in [-0.39, 0.29) is 11.8 Å². The number of likely N-dealkylation sites (tertiary alicyclic amines) is 1. The van der Waals surface area contributed by atoms with Gasteiger partial charge in [0.15, 0.2) is 12.2 Å². The van der Waals surface area contributed by atoms with Gasteiger partial charge in [0.25, 0.3) is 0 Å². The first-order valence-corrected chi connectivity index (χ1v) is 11.2. The molecule has 6 N–H and O–H groups in total. The second-order valence-electron chi connectivity index (χ2n) is 8.51. The Balaban J connectivity index is 0.000000347. The molecule has 0 saturated carbocycles. The minimum absolute atomic E-state index is 0.0900. The molecule has 1 saturated heterocycles. The number of carbonyl (C=O) groups is 2. The van der Waals surface area contributed by atoms with Crippen LogP contribution in [-0.4, -0.2) is 78.8 Å². The van der Waals surface area contributed by atoms with Crippen molar-refractivity contribution >= 4 is 11.9 Å². The van der Waals surface area contributed by atoms with Gasteiger partial charge < -0.3 is 30.6 Å². The quantitative estimate of drug-likeness (QED) is 0.334. The molecule has 1 fully saturated rings. The van der Waals surface area contributed by atoms with Gasteiger partial charge in [0.05, 0.1) is 6.10 Å². The van der Waals surface area contributed by atoms with Crippen LogP contribution in [0.5, 0.6) is 5.75 Å². The van der Waals surface area contributed by atoms with Crippen molar-refractivity contribution in [2.75, 3.05) is 13.1 Å². The Bertz CT molecular complexity index is 879. The summed E-state index contributed by atoms with van der Waals surface area (Å²) in [6.45, 7) is 4.16. The second kappa shape index (κ2) is 13.0. The van der Waals surface area contributed by atoms with Crippen LogP contribution in [0.1, 0.15) is 37.0 Å². The standard InChI is InChI=1S/C21H27NO2.C4H6O6/c1-16(21(24)19-7-9-20(23)10-8-19)22-13-11-18(12-14-22)15-17-5-3-2-4-6-17;5-1(3(7)8)2(6)4(9)10/h2-10,16,18,21,23-24H,11-15H2,1H3;1-2,5-6H,(H,7,8)(H,9,10)/t16-,21-;1-,2+/m0./s1. The summed E-state index contributed by atoms with van der Waals surface area (Å²) < 4.78 is 0. The van der Waals surface area contributed by atoms with Crippen molar-refractivity contribution in [2.24, 2.45) is 5.92 Å². The number of nitrogens with zero attached hydrogens (tertiary/aromatic N) is 1. The van der Waals surface area contributed by atoms with Crippen LogP contribution in [0.4, 0.5) is 0 Å². The number of phenolic OH excluding ortho intramolecular Hbond substituents is 1. The molecule has 2 aromatic rings. The average Bonchev–Trinajstić information content (AvgIpc) is 2.84. The lowest BCUT2D eigenvalue weighted by Gasteiger charge is -2.38. The Labute approximate surface area is 198 Å². The highest BCUT2D eigenvalue weighted by atomic mass is 16.4. The fourth-order valence-corrected chi connectivity index (χ4v) is 3.93. The normalized spacial score (nSPS) is 18.1. The van der Waals surface area contributed by atoms with E-state index < -0.39 is 30.3 Å². The van der Waals surface area contributed by atoms with Crippen molar-refractivity contribution in [3.05, 3.63) is 65.7 Å². The fourth-order valence-electron chi connectivity index (χ4n) is 3.93. The molecule has 0 radical (unpaired) electrons. The van der Waals surface area contributed by atoms with Gasteiger partial charge in [-0.3, -0.25) is 4.90 Å². The summed E-state index contributed by atoms with van der Waals surface area (Å²) in [5.74, 6) is -2.56. The van der Waals surface area contributed by atoms with Gasteiger partial charge >= 0.3 is 11.9 Å². The first kappa shape index (κ1) is 27.3. The summed E-state index contributed by atoms with van der Waals surface area (Å²) in [5, 5.41) is 52.5. The molecule has 0 spiro atoms. The van der Waals surface area contributed by atoms with E-state index >= 15 is 0 Å². The maximum atomic E-state index is 10.6. The summed E-state index contributed by atoms with van der Waals surface area (Å²) in [4.78, 5) is 21.9. The van der Waals surface area contributed by atoms with Gasteiger partial charge in [0, 0.05) is 6.04 Å². The van der Waals surface area contributed by atoms with Crippen molar-refractivity contribution in [3.8, 4) is 5.75 Å². The first-order chi connectivity index (χ1) is 16.1. The van der Waals surface area contributed by atoms with Crippen LogP contribution in [0.15, 0.2) is 54.6 Å². The van der Waals surface area contributed by atoms with Crippen LogP contribution in [0.25, 0.3) is 0 Å². The number of carboxylic acids is 2. The third-order valence-corrected chi connectivity index (χ3v) is 6.09. The zero-order chi connectivity index (χ0) is 25.3. The third kappa shape index (κ3) is 8.11. The van der Waals surface area contributed by atoms with E-state index in [0.717, 1.165) is 31.0 Å². The van der Waals surface area contributed by atoms with Crippen LogP contribution in [0.3, 0.4) is 0 Å². The van der Waals surface area contributed by atoms with Crippen LogP contribution < -0.4 is 0 Å². The molecule has 1 aliphatic rings. The van der Waals surface area contributed by atoms with Crippen LogP contribution >= 0.6 is 0 Å². The second-order valence-corrected chi connectivity index (χ2v) is 8.51. The maximum Gasteiger partial charge on any atom is 0.335 e. The molecule has 4 atom stereocenters. The molecule has 0 aliphatic carbocycles. The van der Waals surface area contributed by atoms with Crippen molar-refractivity contribution in [2.45, 2.75) is 50.5 Å². The predicted octanol–water partition coefficient (Wildman–Crippen LogP) is 1.65. The molecule has 0 amide bonds. The zero-order valence-electron chi connectivity index (χ0n) is 19.1. The van der Waals surface area contributed by atoms with Gasteiger partial charge in [-0.15, -0.1) is 0 Å². The summed E-state index contributed by atoms with van der Waals surface area (Å²) in [6.07, 6.45) is -1.53. The minimum atomic E-state index is -2.27. The average molecular weight is 476 g/mol. The van der Waals surface area contributed by atoms with E-state index in [1.165, 1.54) is 18.4 Å². The number of rotatable bonds is 8. The lowest BCUT2D eigenvalue weighted by Crippen LogP contribution is -2.43. The van der Waals surface area contributed by atoms with Gasteiger partial charge in [0.2, 0.25) is 0 Å². The molecule has 3 rings (SSSR count). The molecular formula is C25H33NO8. The monoisotopic (exact) mass is 475 g/mol. The molecule has 1 aliphatic heterocycles. The highest BCUT2D eigenvalue weighted by Crippen LogP contribution is 2.28. The smallest absolute Gasteiger partial charge is 0.335 e. The molecule has 9 heteroatoms. The SMILES string of the molecule is C[C@@H]([C@H](O)c1ccc(O)cc1)N1CCC(Cc2ccccc2)CC1.O=C(O)[C@@H](O)[C@@H](O)C(=O)O. The number of aliphatic carboxylic acids is 2. The Morgan fingerprint density at radius 1 is 0.882 bits per heavy atom. The number of benzene rings is 2. The van der Waals surface area contributed by atoms with E-state index in [1.54, 1.807) is 24.3 Å². The summed E-state index contributed by atoms with van der Waals surface area (Å²) in [5.41, 5.74) is 2.29. The molecule has 9 nitrogen and oxygen atoms in total. The van der Waals surface area contributed by atoms with Gasteiger partial charge in [-0.2, -0.15) is 0 Å². The van der Waals surface area contributed by atoms with Crippen molar-refractivity contribution in [3.63, 3.8) is 0 Å². The molecule has 0 bridgehead atoms. The Morgan fingerprint density at radius 3 is 1.85 bits per heavy atom. The molecule has 0 aromatic heterocycles. The summed E-state index contributed by atoms with van der Waals surface area (Å²) >= 11 is 0. The maximum absolute atomic E-state index is 10.6. The number of hydrogen-bond acceptors (Lipinski definition) is 7. The minimum Gasteiger partial charge on any atom is -0.508 e. The van der Waals surface area contributed by atoms with Crippen LogP contribution in [0, 0.1) is 5.92 Å². The number of carboxylic acid groups (broad SMARTS) is 2. The lowest BCUT2D eigenvalue weighted by atomic mass is 9.89. The van der Waals surface area contributed by atoms with E-state index in [9.17, 15) is 19.8 Å². The van der Waals surface area contributed by atoms with Gasteiger partial charge in [0.1, 0.15) is 5.75 Å². The summed E-state index contributed by atoms with van der Waals surface area (Å²) in [7, 11) is 0. The highest BCUT2D eigenvalue weighted by Gasteiger charge is 2.29. The number of phenols is 1. The number of aliphatic hydroxyl groups is 3. The number of aliphatic hydroxyl groups excluding tert-OH is 3. The third-order valence-electron chi connectivity index (χ3n) is 6.09. The fraction of sp³-hybridized carbons (Fsp3) is 0.440. The zero-order valence-corrected chi connectivity index (χ0v) is 19.1. The largest absolute Gasteiger partial charge is 0.508 e. The van der Waals surface area contributed by atoms with Crippen LogP contribution in [-0.2, 0) is 16.0 Å². The van der Waals surface area contributed by atoms with Crippen molar-refractivity contribution in [1.29, 1.82) is 0 Å². The van der Waals surface area contributed by atoms with Crippen LogP contribution in [0.2, 0.25) is 0 Å². The van der Waals surface area contributed by atoms with E-state index in [2.05, 4.69) is 42.2 Å². The van der Waals surface area contributed by atoms with Crippen molar-refractivity contribution < 1.29 is 40.2 Å².